The van der Waals surface area contributed by atoms with Crippen molar-refractivity contribution < 1.29 is 18.9 Å². The molecular formula is C13H17NO4S. The quantitative estimate of drug-likeness (QED) is 0.783. The Kier molecular flexibility index (Phi) is 6.21. The van der Waals surface area contributed by atoms with Gasteiger partial charge in [-0.15, -0.1) is 0 Å². The average Bonchev–Trinajstić information content (AvgIpc) is 2.43. The fourth-order valence-electron chi connectivity index (χ4n) is 1.48. The number of amides is 1. The lowest BCUT2D eigenvalue weighted by Gasteiger charge is -2.14. The maximum atomic E-state index is 11.8. The topological polar surface area (TPSA) is 83.5 Å². The van der Waals surface area contributed by atoms with Gasteiger partial charge in [0.25, 0.3) is 5.91 Å². The van der Waals surface area contributed by atoms with Gasteiger partial charge in [0.1, 0.15) is 6.04 Å². The summed E-state index contributed by atoms with van der Waals surface area (Å²) in [7, 11) is -1.04. The molecule has 0 fully saturated rings. The van der Waals surface area contributed by atoms with Gasteiger partial charge in [0.05, 0.1) is 0 Å². The van der Waals surface area contributed by atoms with Gasteiger partial charge in [-0.3, -0.25) is 9.00 Å². The zero-order chi connectivity index (χ0) is 14.3. The van der Waals surface area contributed by atoms with Crippen LogP contribution >= 0.6 is 0 Å². The van der Waals surface area contributed by atoms with E-state index in [1.165, 1.54) is 0 Å². The monoisotopic (exact) mass is 283 g/mol. The fraction of sp³-hybridized carbons (Fsp3) is 0.385. The van der Waals surface area contributed by atoms with Gasteiger partial charge >= 0.3 is 5.97 Å². The summed E-state index contributed by atoms with van der Waals surface area (Å²) in [6, 6.07) is 7.39. The number of carbonyl (C=O) groups excluding carboxylic acids is 1. The number of hydrogen-bond donors (Lipinski definition) is 2. The number of hydrogen-bond acceptors (Lipinski definition) is 3. The first-order valence-electron chi connectivity index (χ1n) is 5.98. The number of carbonyl (C=O) groups is 2. The molecule has 2 N–H and O–H groups in total. The second-order valence-electron chi connectivity index (χ2n) is 3.95. The normalized spacial score (nSPS) is 13.5. The summed E-state index contributed by atoms with van der Waals surface area (Å²) >= 11 is 0. The van der Waals surface area contributed by atoms with Crippen molar-refractivity contribution in [2.75, 3.05) is 11.5 Å². The molecule has 2 atom stereocenters. The number of carboxylic acids is 1. The second kappa shape index (κ2) is 7.68. The molecule has 0 aromatic heterocycles. The Hall–Kier alpha value is -1.69. The summed E-state index contributed by atoms with van der Waals surface area (Å²) in [4.78, 5) is 22.9. The van der Waals surface area contributed by atoms with Gasteiger partial charge in [0, 0.05) is 27.9 Å². The Morgan fingerprint density at radius 2 is 1.95 bits per heavy atom. The van der Waals surface area contributed by atoms with E-state index in [1.807, 2.05) is 0 Å². The molecule has 19 heavy (non-hydrogen) atoms. The van der Waals surface area contributed by atoms with Gasteiger partial charge in [-0.05, 0) is 18.6 Å². The molecule has 1 aromatic carbocycles. The van der Waals surface area contributed by atoms with Crippen LogP contribution in [-0.4, -0.2) is 38.7 Å². The van der Waals surface area contributed by atoms with Crippen molar-refractivity contribution in [3.63, 3.8) is 0 Å². The first kappa shape index (κ1) is 15.4. The SMILES string of the molecule is CCS(=O)CC[C@H](NC(=O)c1ccccc1)C(=O)O. The molecule has 0 heterocycles. The third-order valence-corrected chi connectivity index (χ3v) is 3.93. The Morgan fingerprint density at radius 3 is 2.47 bits per heavy atom. The predicted octanol–water partition coefficient (Wildman–Crippen LogP) is 1.03. The van der Waals surface area contributed by atoms with Crippen LogP contribution in [-0.2, 0) is 15.6 Å². The third-order valence-electron chi connectivity index (χ3n) is 2.60. The van der Waals surface area contributed by atoms with Gasteiger partial charge < -0.3 is 10.4 Å². The van der Waals surface area contributed by atoms with Gasteiger partial charge in [0.15, 0.2) is 0 Å². The van der Waals surface area contributed by atoms with E-state index in [0.717, 1.165) is 0 Å². The molecule has 1 aromatic rings. The number of aliphatic carboxylic acids is 1. The van der Waals surface area contributed by atoms with Crippen molar-refractivity contribution in [2.24, 2.45) is 0 Å². The van der Waals surface area contributed by atoms with Crippen molar-refractivity contribution in [3.8, 4) is 0 Å². The summed E-state index contributed by atoms with van der Waals surface area (Å²) < 4.78 is 11.3. The van der Waals surface area contributed by atoms with Gasteiger partial charge in [-0.25, -0.2) is 4.79 Å². The average molecular weight is 283 g/mol. The molecule has 0 aliphatic heterocycles. The zero-order valence-electron chi connectivity index (χ0n) is 10.7. The van der Waals surface area contributed by atoms with E-state index < -0.39 is 28.7 Å². The molecule has 0 saturated carbocycles. The van der Waals surface area contributed by atoms with E-state index in [4.69, 9.17) is 5.11 Å². The van der Waals surface area contributed by atoms with Crippen molar-refractivity contribution >= 4 is 22.7 Å². The fourth-order valence-corrected chi connectivity index (χ4v) is 2.27. The molecule has 6 heteroatoms. The molecule has 1 amide bonds. The Morgan fingerprint density at radius 1 is 1.32 bits per heavy atom. The highest BCUT2D eigenvalue weighted by atomic mass is 32.2. The molecule has 0 bridgehead atoms. The summed E-state index contributed by atoms with van der Waals surface area (Å²) in [5.74, 6) is -0.797. The smallest absolute Gasteiger partial charge is 0.326 e. The van der Waals surface area contributed by atoms with Crippen LogP contribution < -0.4 is 5.32 Å². The van der Waals surface area contributed by atoms with Crippen LogP contribution in [0.5, 0.6) is 0 Å². The summed E-state index contributed by atoms with van der Waals surface area (Å²) in [5, 5.41) is 11.5. The standard InChI is InChI=1S/C13H17NO4S/c1-2-19(18)9-8-11(13(16)17)14-12(15)10-6-4-3-5-7-10/h3-7,11H,2,8-9H2,1H3,(H,14,15)(H,16,17)/t11-,19?/m0/s1. The van der Waals surface area contributed by atoms with Crippen LogP contribution in [0.3, 0.4) is 0 Å². The van der Waals surface area contributed by atoms with Crippen molar-refractivity contribution in [3.05, 3.63) is 35.9 Å². The van der Waals surface area contributed by atoms with Crippen LogP contribution in [0.25, 0.3) is 0 Å². The van der Waals surface area contributed by atoms with Crippen LogP contribution in [0.4, 0.5) is 0 Å². The number of nitrogens with one attached hydrogen (secondary N) is 1. The molecular weight excluding hydrogens is 266 g/mol. The lowest BCUT2D eigenvalue weighted by atomic mass is 10.1. The van der Waals surface area contributed by atoms with E-state index in [9.17, 15) is 13.8 Å². The van der Waals surface area contributed by atoms with E-state index in [0.29, 0.717) is 11.3 Å². The highest BCUT2D eigenvalue weighted by molar-refractivity contribution is 7.84. The Labute approximate surface area is 114 Å². The first-order valence-corrected chi connectivity index (χ1v) is 7.47. The minimum Gasteiger partial charge on any atom is -0.480 e. The first-order chi connectivity index (χ1) is 9.04. The van der Waals surface area contributed by atoms with Crippen molar-refractivity contribution in [1.82, 2.24) is 5.32 Å². The Balaban J connectivity index is 2.61. The third kappa shape index (κ3) is 5.21. The molecule has 1 rings (SSSR count). The van der Waals surface area contributed by atoms with E-state index in [-0.39, 0.29) is 12.2 Å². The van der Waals surface area contributed by atoms with Crippen LogP contribution in [0.1, 0.15) is 23.7 Å². The summed E-state index contributed by atoms with van der Waals surface area (Å²) in [6.07, 6.45) is 0.161. The molecule has 0 spiro atoms. The molecule has 5 nitrogen and oxygen atoms in total. The maximum absolute atomic E-state index is 11.8. The Bertz CT molecular complexity index is 461. The minimum absolute atomic E-state index is 0.161. The molecule has 0 aliphatic carbocycles. The van der Waals surface area contributed by atoms with E-state index in [2.05, 4.69) is 5.32 Å². The summed E-state index contributed by atoms with van der Waals surface area (Å²) in [5.41, 5.74) is 0.408. The van der Waals surface area contributed by atoms with Crippen molar-refractivity contribution in [1.29, 1.82) is 0 Å². The molecule has 0 radical (unpaired) electrons. The number of benzene rings is 1. The molecule has 0 saturated heterocycles. The summed E-state index contributed by atoms with van der Waals surface area (Å²) in [6.45, 7) is 1.77. The lowest BCUT2D eigenvalue weighted by molar-refractivity contribution is -0.139. The van der Waals surface area contributed by atoms with Gasteiger partial charge in [0.2, 0.25) is 0 Å². The predicted molar refractivity (Wildman–Crippen MR) is 73.5 cm³/mol. The van der Waals surface area contributed by atoms with E-state index >= 15 is 0 Å². The molecule has 104 valence electrons. The van der Waals surface area contributed by atoms with Gasteiger partial charge in [-0.2, -0.15) is 0 Å². The molecule has 0 aliphatic rings. The zero-order valence-corrected chi connectivity index (χ0v) is 11.5. The lowest BCUT2D eigenvalue weighted by Crippen LogP contribution is -2.41. The maximum Gasteiger partial charge on any atom is 0.326 e. The molecule has 1 unspecified atom stereocenters. The number of rotatable bonds is 7. The van der Waals surface area contributed by atoms with Crippen LogP contribution in [0, 0.1) is 0 Å². The highest BCUT2D eigenvalue weighted by Gasteiger charge is 2.20. The minimum atomic E-state index is -1.11. The number of carboxylic acid groups (broad SMARTS) is 1. The van der Waals surface area contributed by atoms with Gasteiger partial charge in [-0.1, -0.05) is 25.1 Å². The highest BCUT2D eigenvalue weighted by Crippen LogP contribution is 2.02. The largest absolute Gasteiger partial charge is 0.480 e. The van der Waals surface area contributed by atoms with Crippen molar-refractivity contribution in [2.45, 2.75) is 19.4 Å². The second-order valence-corrected chi connectivity index (χ2v) is 5.82. The van der Waals surface area contributed by atoms with E-state index in [1.54, 1.807) is 37.3 Å². The van der Waals surface area contributed by atoms with Crippen LogP contribution in [0.2, 0.25) is 0 Å². The van der Waals surface area contributed by atoms with Crippen LogP contribution in [0.15, 0.2) is 30.3 Å².